The molecule has 0 heterocycles. The molecule has 0 saturated carbocycles. The van der Waals surface area contributed by atoms with Crippen molar-refractivity contribution in [1.29, 1.82) is 0 Å². The van der Waals surface area contributed by atoms with Crippen LogP contribution < -0.4 is 0 Å². The van der Waals surface area contributed by atoms with Crippen LogP contribution in [-0.2, 0) is 0 Å². The van der Waals surface area contributed by atoms with Gasteiger partial charge < -0.3 is 0 Å². The molecule has 0 radical (unpaired) electrons. The van der Waals surface area contributed by atoms with Gasteiger partial charge >= 0.3 is 0 Å². The van der Waals surface area contributed by atoms with Crippen LogP contribution >= 0.6 is 0 Å². The predicted octanol–water partition coefficient (Wildman–Crippen LogP) is 3.56. The molecule has 0 atom stereocenters. The van der Waals surface area contributed by atoms with Crippen molar-refractivity contribution in [1.82, 2.24) is 0 Å². The Kier molecular flexibility index (Phi) is 2.37. The van der Waals surface area contributed by atoms with Gasteiger partial charge in [-0.05, 0) is 55.5 Å². The molecule has 1 aromatic rings. The minimum absolute atomic E-state index is 1.26. The van der Waals surface area contributed by atoms with Crippen LogP contribution in [0.5, 0.6) is 0 Å². The summed E-state index contributed by atoms with van der Waals surface area (Å²) < 4.78 is 0. The molecule has 0 bridgehead atoms. The lowest BCUT2D eigenvalue weighted by Gasteiger charge is -2.11. The third-order valence-corrected chi connectivity index (χ3v) is 2.74. The summed E-state index contributed by atoms with van der Waals surface area (Å²) in [6, 6.07) is 2.20. The lowest BCUT2D eigenvalue weighted by molar-refractivity contribution is 1.21. The standard InChI is InChI=1S/C12H16/c1-6-12-7-8(2)9(3)10(4)11(12)5/h6-7H,1H2,2-5H3. The summed E-state index contributed by atoms with van der Waals surface area (Å²) in [5, 5.41) is 0. The maximum atomic E-state index is 3.80. The van der Waals surface area contributed by atoms with Gasteiger partial charge in [0.05, 0.1) is 0 Å². The van der Waals surface area contributed by atoms with Crippen LogP contribution in [0.1, 0.15) is 27.8 Å². The van der Waals surface area contributed by atoms with E-state index in [4.69, 9.17) is 0 Å². The molecular weight excluding hydrogens is 144 g/mol. The van der Waals surface area contributed by atoms with E-state index in [2.05, 4.69) is 40.3 Å². The molecule has 0 nitrogen and oxygen atoms in total. The zero-order chi connectivity index (χ0) is 9.30. The van der Waals surface area contributed by atoms with Crippen molar-refractivity contribution < 1.29 is 0 Å². The van der Waals surface area contributed by atoms with Gasteiger partial charge in [0.25, 0.3) is 0 Å². The molecule has 0 N–H and O–H groups in total. The lowest BCUT2D eigenvalue weighted by Crippen LogP contribution is -1.93. The van der Waals surface area contributed by atoms with Gasteiger partial charge in [0.2, 0.25) is 0 Å². The minimum Gasteiger partial charge on any atom is -0.0985 e. The second-order valence-corrected chi connectivity index (χ2v) is 3.36. The molecule has 0 aliphatic carbocycles. The van der Waals surface area contributed by atoms with Gasteiger partial charge in [-0.1, -0.05) is 18.7 Å². The van der Waals surface area contributed by atoms with Crippen LogP contribution in [0.4, 0.5) is 0 Å². The Morgan fingerprint density at radius 2 is 1.58 bits per heavy atom. The fourth-order valence-corrected chi connectivity index (χ4v) is 1.46. The molecule has 1 aromatic carbocycles. The van der Waals surface area contributed by atoms with Crippen molar-refractivity contribution in [2.75, 3.05) is 0 Å². The molecule has 0 spiro atoms. The quantitative estimate of drug-likeness (QED) is 0.589. The van der Waals surface area contributed by atoms with Gasteiger partial charge in [-0.2, -0.15) is 0 Å². The first-order chi connectivity index (χ1) is 5.57. The molecule has 64 valence electrons. The largest absolute Gasteiger partial charge is 0.0985 e. The molecule has 12 heavy (non-hydrogen) atoms. The van der Waals surface area contributed by atoms with E-state index >= 15 is 0 Å². The summed E-state index contributed by atoms with van der Waals surface area (Å²) in [6.45, 7) is 12.4. The van der Waals surface area contributed by atoms with Gasteiger partial charge in [0, 0.05) is 0 Å². The number of aryl methyl sites for hydroxylation is 1. The Morgan fingerprint density at radius 3 is 2.08 bits per heavy atom. The summed E-state index contributed by atoms with van der Waals surface area (Å²) in [7, 11) is 0. The molecule has 0 heteroatoms. The third kappa shape index (κ3) is 1.29. The van der Waals surface area contributed by atoms with Gasteiger partial charge in [0.15, 0.2) is 0 Å². The lowest BCUT2D eigenvalue weighted by atomic mass is 9.95. The molecule has 0 aromatic heterocycles. The molecule has 0 fully saturated rings. The molecule has 1 rings (SSSR count). The van der Waals surface area contributed by atoms with Crippen LogP contribution in [0.25, 0.3) is 6.08 Å². The highest BCUT2D eigenvalue weighted by Gasteiger charge is 2.03. The Labute approximate surface area is 74.9 Å². The summed E-state index contributed by atoms with van der Waals surface area (Å²) >= 11 is 0. The second-order valence-electron chi connectivity index (χ2n) is 3.36. The van der Waals surface area contributed by atoms with Crippen molar-refractivity contribution in [3.63, 3.8) is 0 Å². The zero-order valence-electron chi connectivity index (χ0n) is 8.36. The highest BCUT2D eigenvalue weighted by molar-refractivity contribution is 5.57. The summed E-state index contributed by atoms with van der Waals surface area (Å²) in [5.41, 5.74) is 6.76. The van der Waals surface area contributed by atoms with Crippen molar-refractivity contribution in [2.24, 2.45) is 0 Å². The van der Waals surface area contributed by atoms with Gasteiger partial charge in [-0.15, -0.1) is 0 Å². The Morgan fingerprint density at radius 1 is 1.00 bits per heavy atom. The first-order valence-corrected chi connectivity index (χ1v) is 4.27. The van der Waals surface area contributed by atoms with Crippen molar-refractivity contribution in [3.8, 4) is 0 Å². The van der Waals surface area contributed by atoms with Crippen LogP contribution in [0, 0.1) is 27.7 Å². The van der Waals surface area contributed by atoms with E-state index in [-0.39, 0.29) is 0 Å². The molecule has 0 aliphatic heterocycles. The minimum atomic E-state index is 1.26. The zero-order valence-corrected chi connectivity index (χ0v) is 8.36. The predicted molar refractivity (Wildman–Crippen MR) is 55.5 cm³/mol. The van der Waals surface area contributed by atoms with Crippen LogP contribution in [0.3, 0.4) is 0 Å². The smallest absolute Gasteiger partial charge is 0.0228 e. The fraction of sp³-hybridized carbons (Fsp3) is 0.333. The normalized spacial score (nSPS) is 10.0. The molecule has 0 unspecified atom stereocenters. The number of rotatable bonds is 1. The number of benzene rings is 1. The van der Waals surface area contributed by atoms with E-state index in [9.17, 15) is 0 Å². The number of hydrogen-bond acceptors (Lipinski definition) is 0. The molecular formula is C12H16. The second kappa shape index (κ2) is 3.14. The SMILES string of the molecule is C=Cc1cc(C)c(C)c(C)c1C. The van der Waals surface area contributed by atoms with E-state index in [1.165, 1.54) is 27.8 Å². The summed E-state index contributed by atoms with van der Waals surface area (Å²) in [5.74, 6) is 0. The highest BCUT2D eigenvalue weighted by Crippen LogP contribution is 2.21. The number of hydrogen-bond donors (Lipinski definition) is 0. The molecule has 0 saturated heterocycles. The van der Waals surface area contributed by atoms with Crippen LogP contribution in [0.2, 0.25) is 0 Å². The topological polar surface area (TPSA) is 0 Å². The third-order valence-electron chi connectivity index (χ3n) is 2.74. The Hall–Kier alpha value is -1.04. The average molecular weight is 160 g/mol. The maximum Gasteiger partial charge on any atom is -0.0228 e. The highest BCUT2D eigenvalue weighted by atomic mass is 14.1. The van der Waals surface area contributed by atoms with Crippen LogP contribution in [0.15, 0.2) is 12.6 Å². The van der Waals surface area contributed by atoms with E-state index in [1.807, 2.05) is 6.08 Å². The molecule has 0 amide bonds. The van der Waals surface area contributed by atoms with Gasteiger partial charge in [-0.3, -0.25) is 0 Å². The summed E-state index contributed by atoms with van der Waals surface area (Å²) in [6.07, 6.45) is 1.93. The first kappa shape index (κ1) is 9.05. The van der Waals surface area contributed by atoms with Crippen LogP contribution in [-0.4, -0.2) is 0 Å². The summed E-state index contributed by atoms with van der Waals surface area (Å²) in [4.78, 5) is 0. The van der Waals surface area contributed by atoms with E-state index in [1.54, 1.807) is 0 Å². The average Bonchev–Trinajstić information content (AvgIpc) is 2.08. The van der Waals surface area contributed by atoms with Gasteiger partial charge in [0.1, 0.15) is 0 Å². The van der Waals surface area contributed by atoms with Crippen molar-refractivity contribution in [3.05, 3.63) is 40.5 Å². The molecule has 0 aliphatic rings. The monoisotopic (exact) mass is 160 g/mol. The Balaban J connectivity index is 3.49. The van der Waals surface area contributed by atoms with E-state index < -0.39 is 0 Å². The van der Waals surface area contributed by atoms with Gasteiger partial charge in [-0.25, -0.2) is 0 Å². The van der Waals surface area contributed by atoms with Crippen molar-refractivity contribution in [2.45, 2.75) is 27.7 Å². The van der Waals surface area contributed by atoms with E-state index in [0.29, 0.717) is 0 Å². The maximum absolute atomic E-state index is 3.80. The first-order valence-electron chi connectivity index (χ1n) is 4.27. The van der Waals surface area contributed by atoms with E-state index in [0.717, 1.165) is 0 Å². The fourth-order valence-electron chi connectivity index (χ4n) is 1.46. The Bertz CT molecular complexity index is 319. The van der Waals surface area contributed by atoms with Crippen molar-refractivity contribution >= 4 is 6.08 Å².